The van der Waals surface area contributed by atoms with Crippen molar-refractivity contribution < 1.29 is 14.6 Å². The maximum absolute atomic E-state index is 12.1. The Morgan fingerprint density at radius 2 is 2.14 bits per heavy atom. The second-order valence-corrected chi connectivity index (χ2v) is 4.64. The van der Waals surface area contributed by atoms with E-state index in [0.29, 0.717) is 12.1 Å². The van der Waals surface area contributed by atoms with E-state index in [1.165, 1.54) is 16.7 Å². The van der Waals surface area contributed by atoms with Crippen LogP contribution in [0.3, 0.4) is 0 Å². The summed E-state index contributed by atoms with van der Waals surface area (Å²) >= 11 is 0. The molecular formula is C14H16N2O5. The first kappa shape index (κ1) is 15.0. The lowest BCUT2D eigenvalue weighted by Crippen LogP contribution is -2.39. The number of aromatic nitrogens is 2. The minimum absolute atomic E-state index is 0.0537. The van der Waals surface area contributed by atoms with Gasteiger partial charge in [0.1, 0.15) is 0 Å². The van der Waals surface area contributed by atoms with Crippen LogP contribution in [-0.4, -0.2) is 33.8 Å². The number of nitrogens with one attached hydrogen (secondary N) is 1. The van der Waals surface area contributed by atoms with Gasteiger partial charge in [-0.1, -0.05) is 6.07 Å². The van der Waals surface area contributed by atoms with Gasteiger partial charge in [-0.2, -0.15) is 0 Å². The number of ether oxygens (including phenoxy) is 1. The number of aromatic carboxylic acids is 1. The van der Waals surface area contributed by atoms with Crippen molar-refractivity contribution in [2.75, 3.05) is 13.2 Å². The van der Waals surface area contributed by atoms with Crippen molar-refractivity contribution in [3.05, 3.63) is 44.5 Å². The summed E-state index contributed by atoms with van der Waals surface area (Å²) in [7, 11) is 0. The van der Waals surface area contributed by atoms with E-state index in [1.54, 1.807) is 13.0 Å². The standard InChI is InChI=1S/C14H16N2O5/c1-3-21-7-8(2)16-10-6-4-5-9(14(19)20)11(10)15-12(17)13(16)18/h4-6,8H,3,7H2,1-2H3,(H,15,17)(H,19,20). The van der Waals surface area contributed by atoms with Gasteiger partial charge in [0.25, 0.3) is 0 Å². The van der Waals surface area contributed by atoms with Gasteiger partial charge in [0.05, 0.1) is 29.2 Å². The highest BCUT2D eigenvalue weighted by atomic mass is 16.5. The number of fused-ring (bicyclic) bond motifs is 1. The molecule has 7 heteroatoms. The van der Waals surface area contributed by atoms with Crippen LogP contribution >= 0.6 is 0 Å². The summed E-state index contributed by atoms with van der Waals surface area (Å²) in [5.74, 6) is -1.17. The number of nitrogens with zero attached hydrogens (tertiary/aromatic N) is 1. The number of rotatable bonds is 5. The molecule has 2 rings (SSSR count). The molecule has 0 aliphatic rings. The molecule has 7 nitrogen and oxygen atoms in total. The molecule has 1 aromatic carbocycles. The topological polar surface area (TPSA) is 101 Å². The molecule has 1 heterocycles. The Morgan fingerprint density at radius 1 is 1.43 bits per heavy atom. The second kappa shape index (κ2) is 5.92. The normalized spacial score (nSPS) is 12.5. The third-order valence-corrected chi connectivity index (χ3v) is 3.19. The lowest BCUT2D eigenvalue weighted by Gasteiger charge is -2.17. The number of hydrogen-bond donors (Lipinski definition) is 2. The average molecular weight is 292 g/mol. The summed E-state index contributed by atoms with van der Waals surface area (Å²) in [5.41, 5.74) is -1.12. The quantitative estimate of drug-likeness (QED) is 0.800. The first-order chi connectivity index (χ1) is 9.97. The van der Waals surface area contributed by atoms with Gasteiger partial charge in [0.15, 0.2) is 0 Å². The number of H-pyrrole nitrogens is 1. The molecule has 21 heavy (non-hydrogen) atoms. The summed E-state index contributed by atoms with van der Waals surface area (Å²) < 4.78 is 6.56. The number of aromatic amines is 1. The first-order valence-electron chi connectivity index (χ1n) is 6.56. The van der Waals surface area contributed by atoms with Crippen LogP contribution in [0.15, 0.2) is 27.8 Å². The minimum atomic E-state index is -1.17. The van der Waals surface area contributed by atoms with Crippen molar-refractivity contribution in [3.63, 3.8) is 0 Å². The zero-order valence-corrected chi connectivity index (χ0v) is 11.8. The van der Waals surface area contributed by atoms with E-state index in [2.05, 4.69) is 4.98 Å². The second-order valence-electron chi connectivity index (χ2n) is 4.64. The number of carbonyl (C=O) groups is 1. The molecule has 1 atom stereocenters. The molecule has 112 valence electrons. The molecule has 0 saturated heterocycles. The fraction of sp³-hybridized carbons (Fsp3) is 0.357. The number of benzene rings is 1. The van der Waals surface area contributed by atoms with E-state index in [0.717, 1.165) is 0 Å². The highest BCUT2D eigenvalue weighted by molar-refractivity contribution is 6.00. The number of carboxylic acids is 1. The minimum Gasteiger partial charge on any atom is -0.478 e. The van der Waals surface area contributed by atoms with Crippen LogP contribution in [0.5, 0.6) is 0 Å². The van der Waals surface area contributed by atoms with Gasteiger partial charge < -0.3 is 14.8 Å². The Morgan fingerprint density at radius 3 is 2.76 bits per heavy atom. The van der Waals surface area contributed by atoms with Crippen LogP contribution < -0.4 is 11.1 Å². The number of para-hydroxylation sites is 1. The highest BCUT2D eigenvalue weighted by Crippen LogP contribution is 2.17. The molecule has 0 spiro atoms. The average Bonchev–Trinajstić information content (AvgIpc) is 2.45. The molecule has 0 bridgehead atoms. The van der Waals surface area contributed by atoms with E-state index < -0.39 is 17.1 Å². The van der Waals surface area contributed by atoms with Crippen molar-refractivity contribution in [1.82, 2.24) is 9.55 Å². The Labute approximate surface area is 119 Å². The fourth-order valence-electron chi connectivity index (χ4n) is 2.24. The molecule has 0 amide bonds. The smallest absolute Gasteiger partial charge is 0.337 e. The van der Waals surface area contributed by atoms with Crippen LogP contribution in [0.25, 0.3) is 11.0 Å². The van der Waals surface area contributed by atoms with Gasteiger partial charge in [-0.05, 0) is 26.0 Å². The lowest BCUT2D eigenvalue weighted by atomic mass is 10.1. The summed E-state index contributed by atoms with van der Waals surface area (Å²) in [6, 6.07) is 4.13. The Balaban J connectivity index is 2.77. The van der Waals surface area contributed by atoms with Crippen LogP contribution in [0.1, 0.15) is 30.2 Å². The maximum atomic E-state index is 12.1. The van der Waals surface area contributed by atoms with Gasteiger partial charge in [0, 0.05) is 6.61 Å². The number of carboxylic acid groups (broad SMARTS) is 1. The summed E-state index contributed by atoms with van der Waals surface area (Å²) in [6.07, 6.45) is 0. The van der Waals surface area contributed by atoms with Crippen LogP contribution in [0.4, 0.5) is 0 Å². The van der Waals surface area contributed by atoms with Crippen molar-refractivity contribution in [2.24, 2.45) is 0 Å². The lowest BCUT2D eigenvalue weighted by molar-refractivity contribution is 0.0698. The van der Waals surface area contributed by atoms with Gasteiger partial charge in [-0.15, -0.1) is 0 Å². The Hall–Kier alpha value is -2.41. The molecule has 0 aliphatic heterocycles. The maximum Gasteiger partial charge on any atom is 0.337 e. The fourth-order valence-corrected chi connectivity index (χ4v) is 2.24. The SMILES string of the molecule is CCOCC(C)n1c(=O)c(=O)[nH]c2c(C(=O)O)cccc21. The third kappa shape index (κ3) is 2.73. The zero-order valence-electron chi connectivity index (χ0n) is 11.8. The monoisotopic (exact) mass is 292 g/mol. The Bertz CT molecular complexity index is 790. The van der Waals surface area contributed by atoms with Crippen LogP contribution in [0, 0.1) is 0 Å². The summed E-state index contributed by atoms with van der Waals surface area (Å²) in [6.45, 7) is 4.31. The van der Waals surface area contributed by atoms with E-state index in [4.69, 9.17) is 4.74 Å². The van der Waals surface area contributed by atoms with Gasteiger partial charge in [-0.3, -0.25) is 14.2 Å². The summed E-state index contributed by atoms with van der Waals surface area (Å²) in [4.78, 5) is 37.4. The van der Waals surface area contributed by atoms with Gasteiger partial charge in [0.2, 0.25) is 0 Å². The first-order valence-corrected chi connectivity index (χ1v) is 6.56. The van der Waals surface area contributed by atoms with Crippen molar-refractivity contribution in [2.45, 2.75) is 19.9 Å². The molecule has 2 aromatic rings. The van der Waals surface area contributed by atoms with Gasteiger partial charge in [-0.25, -0.2) is 4.79 Å². The van der Waals surface area contributed by atoms with Gasteiger partial charge >= 0.3 is 17.1 Å². The van der Waals surface area contributed by atoms with E-state index in [9.17, 15) is 19.5 Å². The van der Waals surface area contributed by atoms with E-state index >= 15 is 0 Å². The van der Waals surface area contributed by atoms with E-state index in [1.807, 2.05) is 6.92 Å². The third-order valence-electron chi connectivity index (χ3n) is 3.19. The summed E-state index contributed by atoms with van der Waals surface area (Å²) in [5, 5.41) is 9.18. The van der Waals surface area contributed by atoms with Crippen molar-refractivity contribution in [3.8, 4) is 0 Å². The molecule has 1 unspecified atom stereocenters. The van der Waals surface area contributed by atoms with E-state index in [-0.39, 0.29) is 23.7 Å². The van der Waals surface area contributed by atoms with Crippen LogP contribution in [0.2, 0.25) is 0 Å². The molecule has 0 radical (unpaired) electrons. The predicted molar refractivity (Wildman–Crippen MR) is 77.0 cm³/mol. The molecule has 2 N–H and O–H groups in total. The zero-order chi connectivity index (χ0) is 15.6. The molecule has 0 saturated carbocycles. The molecule has 0 aliphatic carbocycles. The highest BCUT2D eigenvalue weighted by Gasteiger charge is 2.17. The molecular weight excluding hydrogens is 276 g/mol. The molecule has 0 fully saturated rings. The largest absolute Gasteiger partial charge is 0.478 e. The Kier molecular flexibility index (Phi) is 4.23. The molecule has 1 aromatic heterocycles. The van der Waals surface area contributed by atoms with Crippen LogP contribution in [-0.2, 0) is 4.74 Å². The van der Waals surface area contributed by atoms with Crippen molar-refractivity contribution >= 4 is 17.0 Å². The number of hydrogen-bond acceptors (Lipinski definition) is 4. The predicted octanol–water partition coefficient (Wildman–Crippen LogP) is 0.986. The van der Waals surface area contributed by atoms with Crippen molar-refractivity contribution in [1.29, 1.82) is 0 Å².